The standard InChI is InChI=1S/C24H28O2/c1-2-23(18-8-6-7-9-18)24(19-10-4-3-5-11-19)20-12-14-21(15-13-20)25-16-22-17-26-22/h3-5,10-15,18,22H,2,6-9,16-17H2,1H3/b24-23+. The predicted molar refractivity (Wildman–Crippen MR) is 106 cm³/mol. The Morgan fingerprint density at radius 2 is 1.62 bits per heavy atom. The van der Waals surface area contributed by atoms with E-state index in [1.54, 1.807) is 5.57 Å². The largest absolute Gasteiger partial charge is 0.491 e. The summed E-state index contributed by atoms with van der Waals surface area (Å²) in [6.45, 7) is 3.80. The Labute approximate surface area is 156 Å². The van der Waals surface area contributed by atoms with Gasteiger partial charge in [0.1, 0.15) is 18.5 Å². The zero-order valence-corrected chi connectivity index (χ0v) is 15.6. The Hall–Kier alpha value is -2.06. The van der Waals surface area contributed by atoms with E-state index in [2.05, 4.69) is 61.5 Å². The van der Waals surface area contributed by atoms with Crippen LogP contribution in [-0.2, 0) is 4.74 Å². The molecule has 0 N–H and O–H groups in total. The van der Waals surface area contributed by atoms with Crippen molar-refractivity contribution < 1.29 is 9.47 Å². The summed E-state index contributed by atoms with van der Waals surface area (Å²) in [5.74, 6) is 1.66. The number of rotatable bonds is 7. The summed E-state index contributed by atoms with van der Waals surface area (Å²) in [6.07, 6.45) is 6.82. The number of hydrogen-bond acceptors (Lipinski definition) is 2. The van der Waals surface area contributed by atoms with E-state index in [0.29, 0.717) is 12.7 Å². The van der Waals surface area contributed by atoms with Crippen molar-refractivity contribution in [3.8, 4) is 5.75 Å². The van der Waals surface area contributed by atoms with Crippen molar-refractivity contribution >= 4 is 5.57 Å². The molecule has 0 spiro atoms. The maximum Gasteiger partial charge on any atom is 0.119 e. The normalized spacial score (nSPS) is 20.7. The van der Waals surface area contributed by atoms with Crippen LogP contribution in [0.15, 0.2) is 60.2 Å². The Morgan fingerprint density at radius 3 is 2.23 bits per heavy atom. The molecule has 0 amide bonds. The van der Waals surface area contributed by atoms with Gasteiger partial charge in [-0.05, 0) is 54.0 Å². The molecule has 1 saturated carbocycles. The molecule has 1 aliphatic carbocycles. The highest BCUT2D eigenvalue weighted by molar-refractivity contribution is 5.82. The number of allylic oxidation sites excluding steroid dienone is 1. The third kappa shape index (κ3) is 4.02. The Morgan fingerprint density at radius 1 is 0.962 bits per heavy atom. The summed E-state index contributed by atoms with van der Waals surface area (Å²) in [5, 5.41) is 0. The SMILES string of the molecule is CC/C(=C(/c1ccccc1)c1ccc(OCC2CO2)cc1)C1CCCC1. The van der Waals surface area contributed by atoms with Crippen LogP contribution in [0.4, 0.5) is 0 Å². The van der Waals surface area contributed by atoms with E-state index in [4.69, 9.17) is 9.47 Å². The van der Waals surface area contributed by atoms with Gasteiger partial charge in [-0.3, -0.25) is 0 Å². The maximum absolute atomic E-state index is 5.82. The van der Waals surface area contributed by atoms with Crippen LogP contribution in [-0.4, -0.2) is 19.3 Å². The summed E-state index contributed by atoms with van der Waals surface area (Å²) < 4.78 is 11.0. The molecule has 4 rings (SSSR count). The van der Waals surface area contributed by atoms with Crippen LogP contribution in [0.3, 0.4) is 0 Å². The van der Waals surface area contributed by atoms with E-state index in [9.17, 15) is 0 Å². The zero-order valence-electron chi connectivity index (χ0n) is 15.6. The summed E-state index contributed by atoms with van der Waals surface area (Å²) in [7, 11) is 0. The van der Waals surface area contributed by atoms with Crippen LogP contribution < -0.4 is 4.74 Å². The fraction of sp³-hybridized carbons (Fsp3) is 0.417. The lowest BCUT2D eigenvalue weighted by Gasteiger charge is -2.21. The van der Waals surface area contributed by atoms with Crippen molar-refractivity contribution in [2.45, 2.75) is 45.1 Å². The maximum atomic E-state index is 5.82. The van der Waals surface area contributed by atoms with E-state index >= 15 is 0 Å². The molecule has 2 aromatic carbocycles. The summed E-state index contributed by atoms with van der Waals surface area (Å²) >= 11 is 0. The lowest BCUT2D eigenvalue weighted by molar-refractivity contribution is 0.263. The van der Waals surface area contributed by atoms with Crippen molar-refractivity contribution in [3.63, 3.8) is 0 Å². The van der Waals surface area contributed by atoms with Gasteiger partial charge in [0.05, 0.1) is 6.61 Å². The van der Waals surface area contributed by atoms with E-state index in [1.807, 2.05) is 0 Å². The van der Waals surface area contributed by atoms with Gasteiger partial charge >= 0.3 is 0 Å². The molecule has 2 heteroatoms. The predicted octanol–water partition coefficient (Wildman–Crippen LogP) is 5.87. The second-order valence-electron chi connectivity index (χ2n) is 7.39. The average molecular weight is 348 g/mol. The molecule has 2 fully saturated rings. The molecular weight excluding hydrogens is 320 g/mol. The molecular formula is C24H28O2. The molecule has 1 unspecified atom stereocenters. The molecule has 2 aromatic rings. The van der Waals surface area contributed by atoms with Gasteiger partial charge in [-0.2, -0.15) is 0 Å². The van der Waals surface area contributed by atoms with Crippen molar-refractivity contribution in [2.24, 2.45) is 5.92 Å². The van der Waals surface area contributed by atoms with Crippen molar-refractivity contribution in [3.05, 3.63) is 71.3 Å². The molecule has 0 bridgehead atoms. The van der Waals surface area contributed by atoms with Crippen LogP contribution in [0.5, 0.6) is 5.75 Å². The van der Waals surface area contributed by atoms with E-state index < -0.39 is 0 Å². The number of epoxide rings is 1. The third-order valence-electron chi connectivity index (χ3n) is 5.59. The monoisotopic (exact) mass is 348 g/mol. The molecule has 2 aliphatic rings. The lowest BCUT2D eigenvalue weighted by Crippen LogP contribution is -2.05. The molecule has 1 saturated heterocycles. The first-order chi connectivity index (χ1) is 12.8. The van der Waals surface area contributed by atoms with Crippen LogP contribution in [0.1, 0.15) is 50.2 Å². The van der Waals surface area contributed by atoms with Gasteiger partial charge in [0.25, 0.3) is 0 Å². The van der Waals surface area contributed by atoms with Gasteiger partial charge < -0.3 is 9.47 Å². The van der Waals surface area contributed by atoms with Gasteiger partial charge in [0, 0.05) is 0 Å². The van der Waals surface area contributed by atoms with Gasteiger partial charge in [-0.15, -0.1) is 0 Å². The molecule has 1 atom stereocenters. The minimum Gasteiger partial charge on any atom is -0.491 e. The number of benzene rings is 2. The second-order valence-corrected chi connectivity index (χ2v) is 7.39. The van der Waals surface area contributed by atoms with Crippen molar-refractivity contribution in [1.82, 2.24) is 0 Å². The van der Waals surface area contributed by atoms with Crippen molar-refractivity contribution in [2.75, 3.05) is 13.2 Å². The molecule has 0 radical (unpaired) electrons. The highest BCUT2D eigenvalue weighted by Crippen LogP contribution is 2.39. The quantitative estimate of drug-likeness (QED) is 0.584. The van der Waals surface area contributed by atoms with Gasteiger partial charge in [0.2, 0.25) is 0 Å². The summed E-state index contributed by atoms with van der Waals surface area (Å²) in [6, 6.07) is 19.5. The molecule has 0 aromatic heterocycles. The number of ether oxygens (including phenoxy) is 2. The third-order valence-corrected chi connectivity index (χ3v) is 5.59. The molecule has 1 heterocycles. The molecule has 26 heavy (non-hydrogen) atoms. The fourth-order valence-electron chi connectivity index (χ4n) is 4.16. The smallest absolute Gasteiger partial charge is 0.119 e. The minimum atomic E-state index is 0.295. The first-order valence-corrected chi connectivity index (χ1v) is 9.98. The van der Waals surface area contributed by atoms with Gasteiger partial charge in [-0.25, -0.2) is 0 Å². The fourth-order valence-corrected chi connectivity index (χ4v) is 4.16. The number of hydrogen-bond donors (Lipinski definition) is 0. The van der Waals surface area contributed by atoms with Crippen LogP contribution in [0.2, 0.25) is 0 Å². The molecule has 2 nitrogen and oxygen atoms in total. The Bertz CT molecular complexity index is 736. The van der Waals surface area contributed by atoms with E-state index in [-0.39, 0.29) is 0 Å². The molecule has 1 aliphatic heterocycles. The highest BCUT2D eigenvalue weighted by Gasteiger charge is 2.24. The van der Waals surface area contributed by atoms with Gasteiger partial charge in [-0.1, -0.05) is 67.8 Å². The Balaban J connectivity index is 1.67. The van der Waals surface area contributed by atoms with Crippen molar-refractivity contribution in [1.29, 1.82) is 0 Å². The van der Waals surface area contributed by atoms with Crippen LogP contribution >= 0.6 is 0 Å². The van der Waals surface area contributed by atoms with E-state index in [0.717, 1.165) is 24.7 Å². The van der Waals surface area contributed by atoms with Gasteiger partial charge in [0.15, 0.2) is 0 Å². The summed E-state index contributed by atoms with van der Waals surface area (Å²) in [5.41, 5.74) is 5.68. The first kappa shape index (κ1) is 17.4. The lowest BCUT2D eigenvalue weighted by atomic mass is 9.84. The van der Waals surface area contributed by atoms with Crippen LogP contribution in [0, 0.1) is 5.92 Å². The molecule has 136 valence electrons. The topological polar surface area (TPSA) is 21.8 Å². The minimum absolute atomic E-state index is 0.295. The van der Waals surface area contributed by atoms with E-state index in [1.165, 1.54) is 42.4 Å². The second kappa shape index (κ2) is 8.09. The van der Waals surface area contributed by atoms with Crippen LogP contribution in [0.25, 0.3) is 5.57 Å². The highest BCUT2D eigenvalue weighted by atomic mass is 16.6. The average Bonchev–Trinajstić information content (AvgIpc) is 3.37. The zero-order chi connectivity index (χ0) is 17.8. The summed E-state index contributed by atoms with van der Waals surface area (Å²) in [4.78, 5) is 0. The Kier molecular flexibility index (Phi) is 5.40. The first-order valence-electron chi connectivity index (χ1n) is 9.98.